The van der Waals surface area contributed by atoms with Crippen LogP contribution in [0.2, 0.25) is 0 Å². The van der Waals surface area contributed by atoms with Gasteiger partial charge in [-0.05, 0) is 31.9 Å². The number of phenolic OH excluding ortho intramolecular Hbond substituents is 1. The quantitative estimate of drug-likeness (QED) is 0.886. The summed E-state index contributed by atoms with van der Waals surface area (Å²) >= 11 is 0. The van der Waals surface area contributed by atoms with Gasteiger partial charge in [0.15, 0.2) is 5.78 Å². The maximum absolute atomic E-state index is 12.0. The minimum atomic E-state index is -0.751. The third-order valence-corrected chi connectivity index (χ3v) is 3.66. The number of carbonyl (C=O) groups is 1. The fraction of sp³-hybridized carbons (Fsp3) is 0.533. The second kappa shape index (κ2) is 5.81. The van der Waals surface area contributed by atoms with E-state index in [1.165, 1.54) is 7.11 Å². The summed E-state index contributed by atoms with van der Waals surface area (Å²) in [5.41, 5.74) is 1.09. The molecule has 0 fully saturated rings. The van der Waals surface area contributed by atoms with Gasteiger partial charge < -0.3 is 19.7 Å². The van der Waals surface area contributed by atoms with Crippen LogP contribution in [0.5, 0.6) is 11.5 Å². The number of hydrogen-bond donors (Lipinski definition) is 2. The van der Waals surface area contributed by atoms with Gasteiger partial charge in [-0.3, -0.25) is 4.79 Å². The van der Waals surface area contributed by atoms with Crippen LogP contribution in [0.3, 0.4) is 0 Å². The first kappa shape index (κ1) is 14.8. The minimum absolute atomic E-state index is 0.135. The van der Waals surface area contributed by atoms with Crippen molar-refractivity contribution in [1.82, 2.24) is 0 Å². The lowest BCUT2D eigenvalue weighted by atomic mass is 9.85. The van der Waals surface area contributed by atoms with E-state index in [4.69, 9.17) is 9.47 Å². The van der Waals surface area contributed by atoms with Crippen LogP contribution in [0.15, 0.2) is 6.07 Å². The van der Waals surface area contributed by atoms with Crippen molar-refractivity contribution >= 4 is 5.78 Å². The van der Waals surface area contributed by atoms with Crippen LogP contribution >= 0.6 is 0 Å². The Morgan fingerprint density at radius 2 is 2.20 bits per heavy atom. The lowest BCUT2D eigenvalue weighted by Crippen LogP contribution is -2.17. The highest BCUT2D eigenvalue weighted by Gasteiger charge is 2.32. The second-order valence-electron chi connectivity index (χ2n) is 4.88. The highest BCUT2D eigenvalue weighted by Crippen LogP contribution is 2.44. The van der Waals surface area contributed by atoms with E-state index in [0.717, 1.165) is 0 Å². The van der Waals surface area contributed by atoms with Gasteiger partial charge >= 0.3 is 0 Å². The van der Waals surface area contributed by atoms with Crippen molar-refractivity contribution in [3.8, 4) is 11.5 Å². The van der Waals surface area contributed by atoms with Gasteiger partial charge in [0.25, 0.3) is 0 Å². The molecule has 0 amide bonds. The van der Waals surface area contributed by atoms with Crippen molar-refractivity contribution in [2.24, 2.45) is 0 Å². The van der Waals surface area contributed by atoms with E-state index in [0.29, 0.717) is 29.9 Å². The fourth-order valence-corrected chi connectivity index (χ4v) is 2.68. The maximum atomic E-state index is 12.0. The number of carbonyl (C=O) groups excluding carboxylic acids is 1. The summed E-state index contributed by atoms with van der Waals surface area (Å²) in [4.78, 5) is 12.0. The van der Waals surface area contributed by atoms with Gasteiger partial charge in [0.1, 0.15) is 11.5 Å². The maximum Gasteiger partial charge on any atom is 0.167 e. The molecule has 0 heterocycles. The molecule has 20 heavy (non-hydrogen) atoms. The molecule has 5 heteroatoms. The third-order valence-electron chi connectivity index (χ3n) is 3.66. The van der Waals surface area contributed by atoms with E-state index in [2.05, 4.69) is 0 Å². The van der Waals surface area contributed by atoms with Crippen molar-refractivity contribution in [3.05, 3.63) is 22.8 Å². The van der Waals surface area contributed by atoms with Gasteiger partial charge in [-0.25, -0.2) is 0 Å². The zero-order valence-corrected chi connectivity index (χ0v) is 12.0. The number of fused-ring (bicyclic) bond motifs is 1. The summed E-state index contributed by atoms with van der Waals surface area (Å²) in [5, 5.41) is 20.4. The van der Waals surface area contributed by atoms with Crippen molar-refractivity contribution in [2.75, 3.05) is 13.7 Å². The molecule has 1 aromatic rings. The first-order valence-corrected chi connectivity index (χ1v) is 6.77. The monoisotopic (exact) mass is 280 g/mol. The first-order chi connectivity index (χ1) is 9.51. The zero-order chi connectivity index (χ0) is 14.9. The largest absolute Gasteiger partial charge is 0.507 e. The molecule has 5 nitrogen and oxygen atoms in total. The van der Waals surface area contributed by atoms with E-state index in [9.17, 15) is 15.0 Å². The number of aliphatic hydroxyl groups is 1. The van der Waals surface area contributed by atoms with Crippen LogP contribution in [-0.2, 0) is 4.74 Å². The summed E-state index contributed by atoms with van der Waals surface area (Å²) in [6.07, 6.45) is -0.545. The molecule has 0 radical (unpaired) electrons. The number of ketones is 1. The highest BCUT2D eigenvalue weighted by atomic mass is 16.5. The topological polar surface area (TPSA) is 76.0 Å². The molecule has 0 unspecified atom stereocenters. The van der Waals surface area contributed by atoms with E-state index in [1.54, 1.807) is 13.0 Å². The van der Waals surface area contributed by atoms with Gasteiger partial charge in [0.05, 0.1) is 30.4 Å². The van der Waals surface area contributed by atoms with Gasteiger partial charge in [-0.15, -0.1) is 0 Å². The summed E-state index contributed by atoms with van der Waals surface area (Å²) in [5.74, 6) is 0.135. The molecule has 1 aliphatic carbocycles. The summed E-state index contributed by atoms with van der Waals surface area (Å²) in [6.45, 7) is 4.13. The molecule has 110 valence electrons. The third kappa shape index (κ3) is 2.39. The molecule has 0 bridgehead atoms. The predicted octanol–water partition coefficient (Wildman–Crippen LogP) is 2.51. The molecule has 0 saturated carbocycles. The molecule has 2 atom stereocenters. The van der Waals surface area contributed by atoms with Crippen LogP contribution in [0.25, 0.3) is 0 Å². The van der Waals surface area contributed by atoms with Crippen molar-refractivity contribution in [1.29, 1.82) is 0 Å². The molecule has 0 aromatic heterocycles. The van der Waals surface area contributed by atoms with Crippen molar-refractivity contribution in [3.63, 3.8) is 0 Å². The Labute approximate surface area is 118 Å². The number of Topliss-reactive ketones (excluding diaryl/α,β-unsaturated/α-hetero) is 1. The number of benzene rings is 1. The zero-order valence-electron chi connectivity index (χ0n) is 12.0. The molecule has 1 aromatic carbocycles. The lowest BCUT2D eigenvalue weighted by molar-refractivity contribution is 0.0718. The standard InChI is InChI=1S/C15H20O5/c1-4-20-8(2)13-12(19-3)7-9-10(16)5-6-11(17)14(9)15(13)18/h7-8,10,16,18H,4-6H2,1-3H3/t8-,10-/m1/s1. The normalized spacial score (nSPS) is 19.6. The lowest BCUT2D eigenvalue weighted by Gasteiger charge is -2.26. The smallest absolute Gasteiger partial charge is 0.167 e. The van der Waals surface area contributed by atoms with Gasteiger partial charge in [-0.2, -0.15) is 0 Å². The first-order valence-electron chi connectivity index (χ1n) is 6.77. The van der Waals surface area contributed by atoms with Gasteiger partial charge in [0, 0.05) is 13.0 Å². The molecule has 1 aliphatic rings. The Morgan fingerprint density at radius 1 is 1.50 bits per heavy atom. The van der Waals surface area contributed by atoms with Gasteiger partial charge in [-0.1, -0.05) is 0 Å². The van der Waals surface area contributed by atoms with Crippen LogP contribution < -0.4 is 4.74 Å². The number of methoxy groups -OCH3 is 1. The minimum Gasteiger partial charge on any atom is -0.507 e. The molecule has 0 aliphatic heterocycles. The Morgan fingerprint density at radius 3 is 2.80 bits per heavy atom. The number of ether oxygens (including phenoxy) is 2. The van der Waals surface area contributed by atoms with Crippen LogP contribution in [0, 0.1) is 0 Å². The Balaban J connectivity index is 2.63. The van der Waals surface area contributed by atoms with E-state index in [1.807, 2.05) is 6.92 Å². The second-order valence-corrected chi connectivity index (χ2v) is 4.88. The van der Waals surface area contributed by atoms with E-state index < -0.39 is 12.2 Å². The number of aliphatic hydroxyl groups excluding tert-OH is 1. The fourth-order valence-electron chi connectivity index (χ4n) is 2.68. The number of phenols is 1. The number of aromatic hydroxyl groups is 1. The van der Waals surface area contributed by atoms with E-state index >= 15 is 0 Å². The van der Waals surface area contributed by atoms with E-state index in [-0.39, 0.29) is 23.5 Å². The summed E-state index contributed by atoms with van der Waals surface area (Å²) in [7, 11) is 1.49. The molecular weight excluding hydrogens is 260 g/mol. The Bertz CT molecular complexity index is 523. The number of hydrogen-bond acceptors (Lipinski definition) is 5. The number of rotatable bonds is 4. The average molecular weight is 280 g/mol. The van der Waals surface area contributed by atoms with Crippen LogP contribution in [0.4, 0.5) is 0 Å². The van der Waals surface area contributed by atoms with Gasteiger partial charge in [0.2, 0.25) is 0 Å². The van der Waals surface area contributed by atoms with Crippen molar-refractivity contribution < 1.29 is 24.5 Å². The molecular formula is C15H20O5. The molecule has 2 N–H and O–H groups in total. The molecule has 2 rings (SSSR count). The highest BCUT2D eigenvalue weighted by molar-refractivity contribution is 6.02. The Kier molecular flexibility index (Phi) is 4.30. The average Bonchev–Trinajstić information content (AvgIpc) is 2.42. The van der Waals surface area contributed by atoms with Crippen LogP contribution in [0.1, 0.15) is 60.4 Å². The SMILES string of the molecule is CCO[C@H](C)c1c(OC)cc2c(c1O)C(=O)CC[C@H]2O. The van der Waals surface area contributed by atoms with Crippen molar-refractivity contribution in [2.45, 2.75) is 38.9 Å². The summed E-state index contributed by atoms with van der Waals surface area (Å²) < 4.78 is 10.8. The summed E-state index contributed by atoms with van der Waals surface area (Å²) in [6, 6.07) is 1.63. The van der Waals surface area contributed by atoms with Crippen LogP contribution in [-0.4, -0.2) is 29.7 Å². The molecule has 0 saturated heterocycles. The Hall–Kier alpha value is -1.59. The molecule has 0 spiro atoms. The predicted molar refractivity (Wildman–Crippen MR) is 73.2 cm³/mol.